The molecule has 1 fully saturated rings. The van der Waals surface area contributed by atoms with E-state index < -0.39 is 0 Å². The number of pyridine rings is 1. The molecule has 8 heteroatoms. The topological polar surface area (TPSA) is 98.3 Å². The van der Waals surface area contributed by atoms with Crippen LogP contribution in [0.2, 0.25) is 0 Å². The molecule has 32 heavy (non-hydrogen) atoms. The monoisotopic (exact) mass is 434 g/mol. The number of aryl methyl sites for hydroxylation is 1. The number of anilines is 3. The molecule has 1 aliphatic heterocycles. The molecule has 1 amide bonds. The van der Waals surface area contributed by atoms with Crippen LogP contribution in [0.5, 0.6) is 5.75 Å². The molecule has 2 aromatic heterocycles. The van der Waals surface area contributed by atoms with E-state index >= 15 is 0 Å². The van der Waals surface area contributed by atoms with Crippen LogP contribution < -0.4 is 20.7 Å². The Morgan fingerprint density at radius 3 is 2.59 bits per heavy atom. The number of carbonyl (C=O) groups is 1. The second kappa shape index (κ2) is 9.72. The Morgan fingerprint density at radius 2 is 1.91 bits per heavy atom. The van der Waals surface area contributed by atoms with E-state index in [0.29, 0.717) is 41.9 Å². The number of rotatable bonds is 7. The maximum Gasteiger partial charge on any atom is 0.259 e. The van der Waals surface area contributed by atoms with Crippen molar-refractivity contribution in [1.29, 1.82) is 0 Å². The van der Waals surface area contributed by atoms with Crippen molar-refractivity contribution in [2.75, 3.05) is 35.6 Å². The Morgan fingerprint density at radius 1 is 1.16 bits per heavy atom. The summed E-state index contributed by atoms with van der Waals surface area (Å²) < 4.78 is 7.44. The molecule has 0 spiro atoms. The Bertz CT molecular complexity index is 1050. The minimum absolute atomic E-state index is 0.158. The first-order chi connectivity index (χ1) is 15.5. The zero-order valence-electron chi connectivity index (χ0n) is 18.6. The predicted octanol–water partition coefficient (Wildman–Crippen LogP) is 3.74. The zero-order chi connectivity index (χ0) is 22.5. The largest absolute Gasteiger partial charge is 0.492 e. The summed E-state index contributed by atoms with van der Waals surface area (Å²) in [6.45, 7) is 7.09. The minimum Gasteiger partial charge on any atom is -0.492 e. The first kappa shape index (κ1) is 21.7. The fourth-order valence-electron chi connectivity index (χ4n) is 3.79. The maximum atomic E-state index is 13.0. The summed E-state index contributed by atoms with van der Waals surface area (Å²) in [4.78, 5) is 20.0. The highest BCUT2D eigenvalue weighted by Crippen LogP contribution is 2.26. The molecule has 0 bridgehead atoms. The highest BCUT2D eigenvalue weighted by atomic mass is 16.5. The van der Waals surface area contributed by atoms with Crippen molar-refractivity contribution in [3.05, 3.63) is 59.9 Å². The quantitative estimate of drug-likeness (QED) is 0.588. The van der Waals surface area contributed by atoms with Gasteiger partial charge < -0.3 is 20.7 Å². The van der Waals surface area contributed by atoms with Crippen molar-refractivity contribution in [3.63, 3.8) is 0 Å². The van der Waals surface area contributed by atoms with Gasteiger partial charge in [-0.2, -0.15) is 5.10 Å². The number of carbonyl (C=O) groups excluding carboxylic acids is 1. The molecule has 0 saturated carbocycles. The normalized spacial score (nSPS) is 14.4. The number of piperidine rings is 1. The van der Waals surface area contributed by atoms with Gasteiger partial charge in [0.2, 0.25) is 0 Å². The van der Waals surface area contributed by atoms with Gasteiger partial charge in [-0.15, -0.1) is 0 Å². The second-order valence-corrected chi connectivity index (χ2v) is 8.30. The van der Waals surface area contributed by atoms with Crippen molar-refractivity contribution in [1.82, 2.24) is 14.8 Å². The highest BCUT2D eigenvalue weighted by molar-refractivity contribution is 6.07. The molecule has 3 N–H and O–H groups in total. The van der Waals surface area contributed by atoms with E-state index in [-0.39, 0.29) is 5.91 Å². The third-order valence-corrected chi connectivity index (χ3v) is 5.78. The molecule has 4 rings (SSSR count). The molecule has 0 unspecified atom stereocenters. The number of nitrogens with zero attached hydrogens (tertiary/aromatic N) is 4. The molecule has 0 atom stereocenters. The van der Waals surface area contributed by atoms with Gasteiger partial charge in [-0.05, 0) is 68.1 Å². The third-order valence-electron chi connectivity index (χ3n) is 5.78. The molecule has 168 valence electrons. The molecular formula is C24H30N6O2. The maximum absolute atomic E-state index is 13.0. The van der Waals surface area contributed by atoms with Gasteiger partial charge in [0.15, 0.2) is 0 Å². The van der Waals surface area contributed by atoms with Crippen LogP contribution in [0.1, 0.15) is 35.8 Å². The van der Waals surface area contributed by atoms with Gasteiger partial charge in [0, 0.05) is 24.5 Å². The summed E-state index contributed by atoms with van der Waals surface area (Å²) in [5.74, 6) is 2.65. The summed E-state index contributed by atoms with van der Waals surface area (Å²) in [5.41, 5.74) is 8.02. The number of hydrogen-bond acceptors (Lipinski definition) is 6. The number of nitrogen functional groups attached to an aromatic ring is 1. The van der Waals surface area contributed by atoms with Gasteiger partial charge in [0.25, 0.3) is 5.91 Å². The fraction of sp³-hybridized carbons (Fsp3) is 0.375. The predicted molar refractivity (Wildman–Crippen MR) is 126 cm³/mol. The molecule has 0 aliphatic carbocycles. The Kier molecular flexibility index (Phi) is 6.58. The summed E-state index contributed by atoms with van der Waals surface area (Å²) in [5, 5.41) is 7.12. The van der Waals surface area contributed by atoms with E-state index in [1.54, 1.807) is 16.9 Å². The summed E-state index contributed by atoms with van der Waals surface area (Å²) in [6, 6.07) is 12.8. The molecule has 0 radical (unpaired) electrons. The standard InChI is InChI=1S/C24H30N6O2/c1-17-10-13-29(14-11-17)23-21(8-3-18(2)27-23)24(31)28-19-4-6-20(7-5-19)32-16-15-30-22(25)9-12-26-30/h3-9,12,17H,10-11,13-16,25H2,1-2H3,(H,28,31). The lowest BCUT2D eigenvalue weighted by atomic mass is 9.99. The van der Waals surface area contributed by atoms with Crippen LogP contribution in [0.25, 0.3) is 0 Å². The Labute approximate surface area is 188 Å². The van der Waals surface area contributed by atoms with E-state index in [1.165, 1.54) is 0 Å². The fourth-order valence-corrected chi connectivity index (χ4v) is 3.79. The first-order valence-electron chi connectivity index (χ1n) is 11.0. The number of ether oxygens (including phenoxy) is 1. The van der Waals surface area contributed by atoms with Gasteiger partial charge in [-0.3, -0.25) is 4.79 Å². The third kappa shape index (κ3) is 5.19. The van der Waals surface area contributed by atoms with Crippen LogP contribution in [0.3, 0.4) is 0 Å². The van der Waals surface area contributed by atoms with Gasteiger partial charge in [0.05, 0.1) is 18.3 Å². The lowest BCUT2D eigenvalue weighted by Crippen LogP contribution is -2.35. The van der Waals surface area contributed by atoms with Gasteiger partial charge >= 0.3 is 0 Å². The van der Waals surface area contributed by atoms with Gasteiger partial charge in [0.1, 0.15) is 24.0 Å². The van der Waals surface area contributed by atoms with Gasteiger partial charge in [-0.1, -0.05) is 6.92 Å². The van der Waals surface area contributed by atoms with Crippen LogP contribution in [0.4, 0.5) is 17.3 Å². The van der Waals surface area contributed by atoms with Crippen molar-refractivity contribution in [3.8, 4) is 5.75 Å². The lowest BCUT2D eigenvalue weighted by Gasteiger charge is -2.32. The summed E-state index contributed by atoms with van der Waals surface area (Å²) in [7, 11) is 0. The molecule has 1 aromatic carbocycles. The summed E-state index contributed by atoms with van der Waals surface area (Å²) >= 11 is 0. The van der Waals surface area contributed by atoms with Crippen molar-refractivity contribution >= 4 is 23.2 Å². The van der Waals surface area contributed by atoms with E-state index in [2.05, 4.69) is 27.2 Å². The number of amides is 1. The zero-order valence-corrected chi connectivity index (χ0v) is 18.6. The average molecular weight is 435 g/mol. The Hall–Kier alpha value is -3.55. The average Bonchev–Trinajstić information content (AvgIpc) is 3.20. The van der Waals surface area contributed by atoms with Crippen LogP contribution in [-0.2, 0) is 6.54 Å². The van der Waals surface area contributed by atoms with Crippen molar-refractivity contribution < 1.29 is 9.53 Å². The number of aromatic nitrogens is 3. The highest BCUT2D eigenvalue weighted by Gasteiger charge is 2.22. The van der Waals surface area contributed by atoms with Crippen molar-refractivity contribution in [2.45, 2.75) is 33.2 Å². The molecule has 1 saturated heterocycles. The SMILES string of the molecule is Cc1ccc(C(=O)Nc2ccc(OCCn3nccc3N)cc2)c(N2CCC(C)CC2)n1. The first-order valence-corrected chi connectivity index (χ1v) is 11.0. The molecule has 8 nitrogen and oxygen atoms in total. The smallest absolute Gasteiger partial charge is 0.259 e. The van der Waals surface area contributed by atoms with E-state index in [1.807, 2.05) is 43.3 Å². The van der Waals surface area contributed by atoms with E-state index in [0.717, 1.165) is 37.4 Å². The van der Waals surface area contributed by atoms with Crippen molar-refractivity contribution in [2.24, 2.45) is 5.92 Å². The second-order valence-electron chi connectivity index (χ2n) is 8.30. The number of benzene rings is 1. The minimum atomic E-state index is -0.158. The number of nitrogens with two attached hydrogens (primary N) is 1. The van der Waals surface area contributed by atoms with Crippen LogP contribution in [0, 0.1) is 12.8 Å². The van der Waals surface area contributed by atoms with Crippen LogP contribution in [-0.4, -0.2) is 40.4 Å². The molecule has 3 aromatic rings. The van der Waals surface area contributed by atoms with Gasteiger partial charge in [-0.25, -0.2) is 9.67 Å². The van der Waals surface area contributed by atoms with E-state index in [4.69, 9.17) is 10.5 Å². The van der Waals surface area contributed by atoms with E-state index in [9.17, 15) is 4.79 Å². The lowest BCUT2D eigenvalue weighted by molar-refractivity contribution is 0.102. The Balaban J connectivity index is 1.38. The molecule has 3 heterocycles. The van der Waals surface area contributed by atoms with Crippen LogP contribution in [0.15, 0.2) is 48.7 Å². The number of hydrogen-bond donors (Lipinski definition) is 2. The van der Waals surface area contributed by atoms with Crippen LogP contribution >= 0.6 is 0 Å². The summed E-state index contributed by atoms with van der Waals surface area (Å²) in [6.07, 6.45) is 3.89. The number of nitrogens with one attached hydrogen (secondary N) is 1. The molecular weight excluding hydrogens is 404 g/mol. The molecule has 1 aliphatic rings.